The maximum Gasteiger partial charge on any atom is 0.196 e. The maximum absolute atomic E-state index is 12.1. The maximum atomic E-state index is 12.1. The van der Waals surface area contributed by atoms with Crippen LogP contribution >= 0.6 is 23.2 Å². The molecule has 0 bridgehead atoms. The lowest BCUT2D eigenvalue weighted by Gasteiger charge is -2.05. The zero-order valence-electron chi connectivity index (χ0n) is 8.28. The predicted octanol–water partition coefficient (Wildman–Crippen LogP) is 4.22. The van der Waals surface area contributed by atoms with Gasteiger partial charge in [-0.3, -0.25) is 4.79 Å². The molecule has 0 unspecified atom stereocenters. The zero-order valence-corrected chi connectivity index (χ0v) is 9.79. The molecule has 1 nitrogen and oxygen atoms in total. The molecule has 0 aliphatic carbocycles. The van der Waals surface area contributed by atoms with Crippen LogP contribution in [0, 0.1) is 0 Å². The first kappa shape index (κ1) is 11.2. The van der Waals surface area contributed by atoms with Gasteiger partial charge in [0.1, 0.15) is 0 Å². The second-order valence-electron chi connectivity index (χ2n) is 3.29. The Morgan fingerprint density at radius 3 is 1.94 bits per heavy atom. The first-order valence-corrected chi connectivity index (χ1v) is 5.49. The Morgan fingerprint density at radius 2 is 1.38 bits per heavy atom. The third kappa shape index (κ3) is 2.11. The van der Waals surface area contributed by atoms with Gasteiger partial charge in [0.25, 0.3) is 0 Å². The van der Waals surface area contributed by atoms with Crippen LogP contribution in [0.2, 0.25) is 10.0 Å². The van der Waals surface area contributed by atoms with Crippen molar-refractivity contribution in [1.29, 1.82) is 0 Å². The van der Waals surface area contributed by atoms with E-state index in [4.69, 9.17) is 23.2 Å². The summed E-state index contributed by atoms with van der Waals surface area (Å²) in [4.78, 5) is 12.1. The topological polar surface area (TPSA) is 17.1 Å². The van der Waals surface area contributed by atoms with Gasteiger partial charge in [-0.05, 0) is 12.1 Å². The van der Waals surface area contributed by atoms with E-state index < -0.39 is 0 Å². The molecule has 0 heterocycles. The number of hydrogen-bond donors (Lipinski definition) is 0. The number of benzene rings is 2. The van der Waals surface area contributed by atoms with Crippen molar-refractivity contribution >= 4 is 29.0 Å². The van der Waals surface area contributed by atoms with Crippen LogP contribution < -0.4 is 0 Å². The van der Waals surface area contributed by atoms with Gasteiger partial charge >= 0.3 is 0 Å². The fraction of sp³-hybridized carbons (Fsp3) is 0. The Labute approximate surface area is 104 Å². The van der Waals surface area contributed by atoms with Crippen LogP contribution in [-0.4, -0.2) is 5.78 Å². The molecule has 0 spiro atoms. The van der Waals surface area contributed by atoms with Gasteiger partial charge in [0.05, 0.1) is 15.6 Å². The first-order valence-electron chi connectivity index (χ1n) is 4.74. The van der Waals surface area contributed by atoms with E-state index in [1.165, 1.54) is 0 Å². The van der Waals surface area contributed by atoms with Crippen LogP contribution in [-0.2, 0) is 0 Å². The van der Waals surface area contributed by atoms with Gasteiger partial charge in [-0.2, -0.15) is 0 Å². The predicted molar refractivity (Wildman–Crippen MR) is 66.3 cm³/mol. The average Bonchev–Trinajstić information content (AvgIpc) is 2.30. The highest BCUT2D eigenvalue weighted by Gasteiger charge is 2.15. The Hall–Kier alpha value is -1.31. The highest BCUT2D eigenvalue weighted by atomic mass is 35.5. The third-order valence-corrected chi connectivity index (χ3v) is 2.86. The molecule has 0 atom stereocenters. The number of carbonyl (C=O) groups is 1. The Kier molecular flexibility index (Phi) is 3.28. The smallest absolute Gasteiger partial charge is 0.196 e. The lowest BCUT2D eigenvalue weighted by molar-refractivity contribution is 0.103. The molecule has 16 heavy (non-hydrogen) atoms. The lowest BCUT2D eigenvalue weighted by Crippen LogP contribution is -2.02. The average molecular weight is 251 g/mol. The monoisotopic (exact) mass is 250 g/mol. The van der Waals surface area contributed by atoms with Gasteiger partial charge in [-0.25, -0.2) is 0 Å². The molecule has 0 saturated heterocycles. The van der Waals surface area contributed by atoms with E-state index in [-0.39, 0.29) is 5.78 Å². The SMILES string of the molecule is O=C(c1ccccc1)c1c(Cl)cccc1Cl. The summed E-state index contributed by atoms with van der Waals surface area (Å²) in [7, 11) is 0. The molecule has 0 aliphatic rings. The molecule has 80 valence electrons. The highest BCUT2D eigenvalue weighted by molar-refractivity contribution is 6.40. The normalized spacial score (nSPS) is 10.1. The van der Waals surface area contributed by atoms with Crippen molar-refractivity contribution in [2.75, 3.05) is 0 Å². The summed E-state index contributed by atoms with van der Waals surface area (Å²) >= 11 is 11.9. The van der Waals surface area contributed by atoms with Gasteiger partial charge in [0.15, 0.2) is 5.78 Å². The molecule has 0 fully saturated rings. The molecule has 0 radical (unpaired) electrons. The van der Waals surface area contributed by atoms with Gasteiger partial charge in [0.2, 0.25) is 0 Å². The third-order valence-electron chi connectivity index (χ3n) is 2.23. The van der Waals surface area contributed by atoms with Crippen LogP contribution in [0.1, 0.15) is 15.9 Å². The Bertz CT molecular complexity index is 500. The zero-order chi connectivity index (χ0) is 11.5. The van der Waals surface area contributed by atoms with Crippen molar-refractivity contribution in [2.24, 2.45) is 0 Å². The van der Waals surface area contributed by atoms with E-state index in [0.717, 1.165) is 0 Å². The second-order valence-corrected chi connectivity index (χ2v) is 4.11. The minimum atomic E-state index is -0.156. The summed E-state index contributed by atoms with van der Waals surface area (Å²) in [5, 5.41) is 0.753. The summed E-state index contributed by atoms with van der Waals surface area (Å²) in [6.45, 7) is 0. The Morgan fingerprint density at radius 1 is 0.812 bits per heavy atom. The summed E-state index contributed by atoms with van der Waals surface area (Å²) in [6, 6.07) is 14.0. The van der Waals surface area contributed by atoms with Crippen LogP contribution in [0.3, 0.4) is 0 Å². The van der Waals surface area contributed by atoms with Gasteiger partial charge < -0.3 is 0 Å². The highest BCUT2D eigenvalue weighted by Crippen LogP contribution is 2.26. The Balaban J connectivity index is 2.50. The first-order chi connectivity index (χ1) is 7.70. The van der Waals surface area contributed by atoms with E-state index in [1.807, 2.05) is 6.07 Å². The van der Waals surface area contributed by atoms with E-state index in [0.29, 0.717) is 21.2 Å². The molecule has 0 aromatic heterocycles. The van der Waals surface area contributed by atoms with Crippen LogP contribution in [0.25, 0.3) is 0 Å². The standard InChI is InChI=1S/C13H8Cl2O/c14-10-7-4-8-11(15)12(10)13(16)9-5-2-1-3-6-9/h1-8H. The summed E-state index contributed by atoms with van der Waals surface area (Å²) in [6.07, 6.45) is 0. The molecular formula is C13H8Cl2O. The number of halogens is 2. The largest absolute Gasteiger partial charge is 0.288 e. The molecule has 2 rings (SSSR count). The molecule has 2 aromatic rings. The number of ketones is 1. The van der Waals surface area contributed by atoms with Crippen LogP contribution in [0.5, 0.6) is 0 Å². The van der Waals surface area contributed by atoms with Crippen molar-refractivity contribution in [2.45, 2.75) is 0 Å². The second kappa shape index (κ2) is 4.69. The van der Waals surface area contributed by atoms with Crippen molar-refractivity contribution in [3.05, 3.63) is 69.7 Å². The molecule has 0 aliphatic heterocycles. The van der Waals surface area contributed by atoms with E-state index in [1.54, 1.807) is 42.5 Å². The van der Waals surface area contributed by atoms with Crippen LogP contribution in [0.15, 0.2) is 48.5 Å². The van der Waals surface area contributed by atoms with Gasteiger partial charge in [-0.1, -0.05) is 59.6 Å². The number of rotatable bonds is 2. The fourth-order valence-electron chi connectivity index (χ4n) is 1.45. The van der Waals surface area contributed by atoms with E-state index in [2.05, 4.69) is 0 Å². The molecule has 0 amide bonds. The van der Waals surface area contributed by atoms with E-state index >= 15 is 0 Å². The van der Waals surface area contributed by atoms with Crippen molar-refractivity contribution in [3.63, 3.8) is 0 Å². The molecule has 0 N–H and O–H groups in total. The van der Waals surface area contributed by atoms with Crippen LogP contribution in [0.4, 0.5) is 0 Å². The van der Waals surface area contributed by atoms with Crippen molar-refractivity contribution < 1.29 is 4.79 Å². The lowest BCUT2D eigenvalue weighted by atomic mass is 10.0. The molecule has 0 saturated carbocycles. The number of carbonyl (C=O) groups excluding carboxylic acids is 1. The molecular weight excluding hydrogens is 243 g/mol. The minimum Gasteiger partial charge on any atom is -0.288 e. The minimum absolute atomic E-state index is 0.156. The fourth-order valence-corrected chi connectivity index (χ4v) is 2.02. The summed E-state index contributed by atoms with van der Waals surface area (Å²) < 4.78 is 0. The summed E-state index contributed by atoms with van der Waals surface area (Å²) in [5.41, 5.74) is 0.939. The quantitative estimate of drug-likeness (QED) is 0.730. The van der Waals surface area contributed by atoms with Crippen molar-refractivity contribution in [3.8, 4) is 0 Å². The van der Waals surface area contributed by atoms with Crippen molar-refractivity contribution in [1.82, 2.24) is 0 Å². The van der Waals surface area contributed by atoms with E-state index in [9.17, 15) is 4.79 Å². The molecule has 3 heteroatoms. The summed E-state index contributed by atoms with van der Waals surface area (Å²) in [5.74, 6) is -0.156. The number of hydrogen-bond acceptors (Lipinski definition) is 1. The van der Waals surface area contributed by atoms with Gasteiger partial charge in [0, 0.05) is 5.56 Å². The van der Waals surface area contributed by atoms with Gasteiger partial charge in [-0.15, -0.1) is 0 Å². The molecule has 2 aromatic carbocycles.